The van der Waals surface area contributed by atoms with Crippen molar-refractivity contribution in [1.82, 2.24) is 9.55 Å². The lowest BCUT2D eigenvalue weighted by atomic mass is 10.1. The third-order valence-electron chi connectivity index (χ3n) is 5.94. The highest BCUT2D eigenvalue weighted by atomic mass is 32.2. The van der Waals surface area contributed by atoms with E-state index in [0.717, 1.165) is 10.5 Å². The van der Waals surface area contributed by atoms with Crippen molar-refractivity contribution in [2.75, 3.05) is 6.61 Å². The molecule has 0 amide bonds. The summed E-state index contributed by atoms with van der Waals surface area (Å²) in [7, 11) is -1.99. The highest BCUT2D eigenvalue weighted by Crippen LogP contribution is 2.37. The van der Waals surface area contributed by atoms with Crippen molar-refractivity contribution in [2.24, 2.45) is 0 Å². The van der Waals surface area contributed by atoms with Crippen LogP contribution in [-0.4, -0.2) is 24.5 Å². The number of aromatic amines is 1. The fraction of sp³-hybridized carbons (Fsp3) is 0.360. The van der Waals surface area contributed by atoms with Crippen LogP contribution in [0.1, 0.15) is 32.4 Å². The summed E-state index contributed by atoms with van der Waals surface area (Å²) in [5.41, 5.74) is 0.0413. The molecule has 2 aromatic carbocycles. The maximum absolute atomic E-state index is 12.6. The minimum absolute atomic E-state index is 0.00873. The molecule has 1 heterocycles. The summed E-state index contributed by atoms with van der Waals surface area (Å²) in [5, 5.41) is 0.593. The highest BCUT2D eigenvalue weighted by molar-refractivity contribution is 7.99. The summed E-state index contributed by atoms with van der Waals surface area (Å²) in [6.45, 7) is 11.4. The zero-order valence-electron chi connectivity index (χ0n) is 19.8. The van der Waals surface area contributed by atoms with Gasteiger partial charge < -0.3 is 9.16 Å². The predicted molar refractivity (Wildman–Crippen MR) is 135 cm³/mol. The van der Waals surface area contributed by atoms with Gasteiger partial charge in [0.1, 0.15) is 12.8 Å². The normalized spacial score (nSPS) is 13.1. The van der Waals surface area contributed by atoms with E-state index in [1.54, 1.807) is 0 Å². The number of hydrogen-bond donors (Lipinski definition) is 1. The number of rotatable bonds is 9. The maximum Gasteiger partial charge on any atom is 0.331 e. The minimum atomic E-state index is -1.99. The van der Waals surface area contributed by atoms with Gasteiger partial charge in [-0.3, -0.25) is 14.3 Å². The molecule has 0 aliphatic rings. The van der Waals surface area contributed by atoms with E-state index in [-0.39, 0.29) is 17.9 Å². The van der Waals surface area contributed by atoms with Gasteiger partial charge in [-0.1, -0.05) is 81.1 Å². The molecule has 0 spiro atoms. The fourth-order valence-electron chi connectivity index (χ4n) is 2.89. The number of benzene rings is 2. The highest BCUT2D eigenvalue weighted by Gasteiger charge is 2.37. The van der Waals surface area contributed by atoms with E-state index in [2.05, 4.69) is 38.8 Å². The quantitative estimate of drug-likeness (QED) is 0.324. The summed E-state index contributed by atoms with van der Waals surface area (Å²) in [6.07, 6.45) is -0.353. The third kappa shape index (κ3) is 6.80. The van der Waals surface area contributed by atoms with Gasteiger partial charge in [0.05, 0.1) is 11.6 Å². The molecule has 0 fully saturated rings. The molecule has 0 bridgehead atoms. The molecular formula is C25H32N2O4SSi. The molecule has 176 valence electrons. The lowest BCUT2D eigenvalue weighted by Crippen LogP contribution is -2.42. The summed E-state index contributed by atoms with van der Waals surface area (Å²) in [5.74, 6) is 0. The molecule has 0 aliphatic carbocycles. The number of nitrogens with one attached hydrogen (secondary N) is 1. The van der Waals surface area contributed by atoms with Gasteiger partial charge in [-0.2, -0.15) is 0 Å². The van der Waals surface area contributed by atoms with Crippen LogP contribution in [0.3, 0.4) is 0 Å². The Morgan fingerprint density at radius 3 is 2.21 bits per heavy atom. The Labute approximate surface area is 200 Å². The first-order chi connectivity index (χ1) is 15.6. The number of hydrogen-bond acceptors (Lipinski definition) is 5. The van der Waals surface area contributed by atoms with Crippen LogP contribution in [0.5, 0.6) is 0 Å². The first-order valence-electron chi connectivity index (χ1n) is 10.9. The van der Waals surface area contributed by atoms with Crippen molar-refractivity contribution in [1.29, 1.82) is 0 Å². The lowest BCUT2D eigenvalue weighted by molar-refractivity contribution is -0.0274. The van der Waals surface area contributed by atoms with Crippen LogP contribution in [0.15, 0.2) is 86.2 Å². The van der Waals surface area contributed by atoms with Crippen LogP contribution in [-0.2, 0) is 15.9 Å². The van der Waals surface area contributed by atoms with Gasteiger partial charge in [0, 0.05) is 11.0 Å². The van der Waals surface area contributed by atoms with Crippen molar-refractivity contribution < 1.29 is 9.16 Å². The molecule has 8 heteroatoms. The molecule has 1 unspecified atom stereocenters. The van der Waals surface area contributed by atoms with Gasteiger partial charge in [0.2, 0.25) is 0 Å². The van der Waals surface area contributed by atoms with Gasteiger partial charge in [-0.25, -0.2) is 4.79 Å². The van der Waals surface area contributed by atoms with Crippen LogP contribution >= 0.6 is 11.8 Å². The Hall–Kier alpha value is -2.39. The molecular weight excluding hydrogens is 452 g/mol. The van der Waals surface area contributed by atoms with Crippen molar-refractivity contribution in [3.8, 4) is 0 Å². The van der Waals surface area contributed by atoms with Crippen LogP contribution < -0.4 is 11.2 Å². The van der Waals surface area contributed by atoms with Gasteiger partial charge in [0.25, 0.3) is 5.56 Å². The summed E-state index contributed by atoms with van der Waals surface area (Å²) < 4.78 is 14.1. The molecule has 6 nitrogen and oxygen atoms in total. The van der Waals surface area contributed by atoms with Crippen LogP contribution in [0, 0.1) is 0 Å². The molecule has 1 atom stereocenters. The topological polar surface area (TPSA) is 73.3 Å². The Morgan fingerprint density at radius 2 is 1.61 bits per heavy atom. The number of H-pyrrole nitrogens is 1. The van der Waals surface area contributed by atoms with E-state index >= 15 is 0 Å². The fourth-order valence-corrected chi connectivity index (χ4v) is 4.84. The predicted octanol–water partition coefficient (Wildman–Crippen LogP) is 5.43. The number of nitrogens with zero attached hydrogens (tertiary/aromatic N) is 1. The summed E-state index contributed by atoms with van der Waals surface area (Å²) in [4.78, 5) is 27.9. The van der Waals surface area contributed by atoms with E-state index in [1.807, 2.05) is 60.7 Å². The Kier molecular flexibility index (Phi) is 8.17. The average Bonchev–Trinajstić information content (AvgIpc) is 2.75. The molecule has 0 saturated heterocycles. The second-order valence-electron chi connectivity index (χ2n) is 9.39. The average molecular weight is 485 g/mol. The van der Waals surface area contributed by atoms with E-state index in [4.69, 9.17) is 9.16 Å². The second kappa shape index (κ2) is 10.7. The van der Waals surface area contributed by atoms with Crippen LogP contribution in [0.2, 0.25) is 18.1 Å². The van der Waals surface area contributed by atoms with E-state index in [0.29, 0.717) is 11.6 Å². The first kappa shape index (κ1) is 25.2. The molecule has 33 heavy (non-hydrogen) atoms. The molecule has 1 aromatic heterocycles. The zero-order chi connectivity index (χ0) is 24.1. The molecule has 0 saturated carbocycles. The smallest absolute Gasteiger partial charge is 0.331 e. The monoisotopic (exact) mass is 484 g/mol. The largest absolute Gasteiger partial charge is 0.414 e. The SMILES string of the molecule is CC(C)(C)[Si](C)(C)OCC(OCn1c(Sc2ccccc2)cc(=O)[nH]c1=O)c1ccccc1. The molecule has 3 aromatic rings. The maximum atomic E-state index is 12.6. The number of aromatic nitrogens is 2. The van der Waals surface area contributed by atoms with Crippen molar-refractivity contribution in [2.45, 2.75) is 61.7 Å². The van der Waals surface area contributed by atoms with Crippen molar-refractivity contribution in [3.05, 3.63) is 93.1 Å². The first-order valence-corrected chi connectivity index (χ1v) is 14.7. The van der Waals surface area contributed by atoms with Crippen LogP contribution in [0.25, 0.3) is 0 Å². The van der Waals surface area contributed by atoms with E-state index in [9.17, 15) is 9.59 Å². The lowest BCUT2D eigenvalue weighted by Gasteiger charge is -2.37. The standard InChI is InChI=1S/C25H32N2O4SSi/c1-25(2,3)33(4,5)31-17-21(19-12-8-6-9-13-19)30-18-27-23(16-22(28)26-24(27)29)32-20-14-10-7-11-15-20/h6-16,21H,17-18H2,1-5H3,(H,26,28,29). The van der Waals surface area contributed by atoms with Crippen LogP contribution in [0.4, 0.5) is 0 Å². The van der Waals surface area contributed by atoms with Gasteiger partial charge in [-0.05, 0) is 35.8 Å². The Balaban J connectivity index is 1.84. The molecule has 1 N–H and O–H groups in total. The summed E-state index contributed by atoms with van der Waals surface area (Å²) >= 11 is 1.35. The third-order valence-corrected chi connectivity index (χ3v) is 11.5. The Morgan fingerprint density at radius 1 is 1.00 bits per heavy atom. The van der Waals surface area contributed by atoms with E-state index in [1.165, 1.54) is 22.4 Å². The number of ether oxygens (including phenoxy) is 1. The summed E-state index contributed by atoms with van der Waals surface area (Å²) in [6, 6.07) is 20.9. The molecule has 0 radical (unpaired) electrons. The molecule has 3 rings (SSSR count). The van der Waals surface area contributed by atoms with Gasteiger partial charge in [0.15, 0.2) is 8.32 Å². The van der Waals surface area contributed by atoms with Crippen molar-refractivity contribution >= 4 is 20.1 Å². The van der Waals surface area contributed by atoms with E-state index < -0.39 is 19.6 Å². The Bertz CT molecular complexity index is 1150. The second-order valence-corrected chi connectivity index (χ2v) is 15.3. The van der Waals surface area contributed by atoms with Gasteiger partial charge in [-0.15, -0.1) is 0 Å². The van der Waals surface area contributed by atoms with Crippen molar-refractivity contribution in [3.63, 3.8) is 0 Å². The van der Waals surface area contributed by atoms with Gasteiger partial charge >= 0.3 is 5.69 Å². The minimum Gasteiger partial charge on any atom is -0.414 e. The zero-order valence-corrected chi connectivity index (χ0v) is 21.6. The molecule has 0 aliphatic heterocycles.